The van der Waals surface area contributed by atoms with Gasteiger partial charge in [0, 0.05) is 51.7 Å². The van der Waals surface area contributed by atoms with Gasteiger partial charge in [-0.05, 0) is 24.7 Å². The van der Waals surface area contributed by atoms with Gasteiger partial charge in [0.25, 0.3) is 0 Å². The van der Waals surface area contributed by atoms with E-state index in [0.29, 0.717) is 38.6 Å². The van der Waals surface area contributed by atoms with Gasteiger partial charge in [0.2, 0.25) is 5.91 Å². The summed E-state index contributed by atoms with van der Waals surface area (Å²) in [7, 11) is 0. The fourth-order valence-corrected chi connectivity index (χ4v) is 4.12. The molecule has 2 saturated heterocycles. The second-order valence-electron chi connectivity index (χ2n) is 8.63. The van der Waals surface area contributed by atoms with Crippen LogP contribution in [0.4, 0.5) is 13.2 Å². The Morgan fingerprint density at radius 2 is 1.65 bits per heavy atom. The summed E-state index contributed by atoms with van der Waals surface area (Å²) in [6.07, 6.45) is -2.59. The molecule has 2 aliphatic heterocycles. The Morgan fingerprint density at radius 1 is 1.04 bits per heavy atom. The van der Waals surface area contributed by atoms with Crippen molar-refractivity contribution >= 4 is 5.91 Å². The number of piperidine rings is 1. The molecule has 1 amide bonds. The standard InChI is InChI=1S/C19H34F3N3O/c1-14(2)11-23-9-10-25(17(13-23)19(20,21)22)12-16-5-7-24(8-6-16)18(26)15(3)4/h14-17H,5-13H2,1-4H3. The summed E-state index contributed by atoms with van der Waals surface area (Å²) >= 11 is 0. The third kappa shape index (κ3) is 5.84. The highest BCUT2D eigenvalue weighted by atomic mass is 19.4. The van der Waals surface area contributed by atoms with Crippen molar-refractivity contribution in [2.24, 2.45) is 17.8 Å². The Kier molecular flexibility index (Phi) is 7.36. The number of halogens is 3. The summed E-state index contributed by atoms with van der Waals surface area (Å²) in [5, 5.41) is 0. The quantitative estimate of drug-likeness (QED) is 0.737. The van der Waals surface area contributed by atoms with Crippen LogP contribution in [-0.4, -0.2) is 78.6 Å². The van der Waals surface area contributed by atoms with Crippen LogP contribution in [0.1, 0.15) is 40.5 Å². The van der Waals surface area contributed by atoms with Crippen LogP contribution in [-0.2, 0) is 4.79 Å². The first-order valence-electron chi connectivity index (χ1n) is 9.89. The lowest BCUT2D eigenvalue weighted by atomic mass is 9.94. The van der Waals surface area contributed by atoms with Crippen LogP contribution in [0.15, 0.2) is 0 Å². The highest BCUT2D eigenvalue weighted by molar-refractivity contribution is 5.78. The largest absolute Gasteiger partial charge is 0.405 e. The van der Waals surface area contributed by atoms with Crippen LogP contribution in [0, 0.1) is 17.8 Å². The highest BCUT2D eigenvalue weighted by Crippen LogP contribution is 2.30. The molecule has 0 aromatic rings. The Bertz CT molecular complexity index is 459. The van der Waals surface area contributed by atoms with E-state index in [1.807, 2.05) is 37.5 Å². The zero-order valence-electron chi connectivity index (χ0n) is 16.6. The molecule has 2 rings (SSSR count). The van der Waals surface area contributed by atoms with Crippen LogP contribution < -0.4 is 0 Å². The molecular weight excluding hydrogens is 343 g/mol. The summed E-state index contributed by atoms with van der Waals surface area (Å²) in [5.74, 6) is 0.750. The van der Waals surface area contributed by atoms with E-state index in [-0.39, 0.29) is 24.3 Å². The number of rotatable bonds is 5. The molecule has 0 radical (unpaired) electrons. The van der Waals surface area contributed by atoms with Gasteiger partial charge in [-0.25, -0.2) is 0 Å². The highest BCUT2D eigenvalue weighted by Gasteiger charge is 2.46. The van der Waals surface area contributed by atoms with Crippen LogP contribution in [0.5, 0.6) is 0 Å². The van der Waals surface area contributed by atoms with Crippen molar-refractivity contribution in [1.29, 1.82) is 0 Å². The van der Waals surface area contributed by atoms with E-state index in [4.69, 9.17) is 0 Å². The molecule has 0 saturated carbocycles. The maximum Gasteiger partial charge on any atom is 0.405 e. The van der Waals surface area contributed by atoms with Gasteiger partial charge in [-0.1, -0.05) is 27.7 Å². The van der Waals surface area contributed by atoms with E-state index in [0.717, 1.165) is 19.4 Å². The van der Waals surface area contributed by atoms with Gasteiger partial charge in [-0.3, -0.25) is 14.6 Å². The molecule has 1 unspecified atom stereocenters. The SMILES string of the molecule is CC(C)CN1CCN(CC2CCN(C(=O)C(C)C)CC2)C(C(F)(F)F)C1. The number of amides is 1. The lowest BCUT2D eigenvalue weighted by Crippen LogP contribution is -2.60. The van der Waals surface area contributed by atoms with Crippen LogP contribution >= 0.6 is 0 Å². The fourth-order valence-electron chi connectivity index (χ4n) is 4.12. The van der Waals surface area contributed by atoms with Gasteiger partial charge >= 0.3 is 6.18 Å². The first kappa shape index (κ1) is 21.5. The fraction of sp³-hybridized carbons (Fsp3) is 0.947. The van der Waals surface area contributed by atoms with Crippen LogP contribution in [0.3, 0.4) is 0 Å². The second kappa shape index (κ2) is 8.91. The lowest BCUT2D eigenvalue weighted by molar-refractivity contribution is -0.199. The third-order valence-corrected chi connectivity index (χ3v) is 5.49. The van der Waals surface area contributed by atoms with Crippen molar-refractivity contribution in [3.8, 4) is 0 Å². The predicted molar refractivity (Wildman–Crippen MR) is 96.8 cm³/mol. The zero-order chi connectivity index (χ0) is 19.5. The Hall–Kier alpha value is -0.820. The van der Waals surface area contributed by atoms with E-state index >= 15 is 0 Å². The minimum Gasteiger partial charge on any atom is -0.342 e. The molecule has 7 heteroatoms. The molecule has 0 aromatic carbocycles. The number of hydrogen-bond acceptors (Lipinski definition) is 3. The van der Waals surface area contributed by atoms with E-state index in [1.165, 1.54) is 0 Å². The van der Waals surface area contributed by atoms with Crippen LogP contribution in [0.2, 0.25) is 0 Å². The molecule has 2 aliphatic rings. The zero-order valence-corrected chi connectivity index (χ0v) is 16.6. The molecule has 0 N–H and O–H groups in total. The maximum atomic E-state index is 13.6. The Labute approximate surface area is 155 Å². The minimum absolute atomic E-state index is 0.0183. The Balaban J connectivity index is 1.90. The van der Waals surface area contributed by atoms with Gasteiger partial charge in [-0.15, -0.1) is 0 Å². The molecule has 0 spiro atoms. The molecule has 2 heterocycles. The number of piperazine rings is 1. The maximum absolute atomic E-state index is 13.6. The normalized spacial score (nSPS) is 24.7. The van der Waals surface area contributed by atoms with E-state index < -0.39 is 12.2 Å². The number of carbonyl (C=O) groups is 1. The number of likely N-dealkylation sites (tertiary alicyclic amines) is 1. The molecule has 1 atom stereocenters. The molecule has 152 valence electrons. The first-order chi connectivity index (χ1) is 12.1. The summed E-state index contributed by atoms with van der Waals surface area (Å²) < 4.78 is 40.8. The number of hydrogen-bond donors (Lipinski definition) is 0. The van der Waals surface area contributed by atoms with Gasteiger partial charge in [-0.2, -0.15) is 13.2 Å². The monoisotopic (exact) mass is 377 g/mol. The molecule has 0 aliphatic carbocycles. The van der Waals surface area contributed by atoms with Crippen molar-refractivity contribution in [3.63, 3.8) is 0 Å². The average Bonchev–Trinajstić information content (AvgIpc) is 2.54. The molecule has 2 fully saturated rings. The molecule has 26 heavy (non-hydrogen) atoms. The number of nitrogens with zero attached hydrogens (tertiary/aromatic N) is 3. The van der Waals surface area contributed by atoms with Gasteiger partial charge in [0.15, 0.2) is 0 Å². The van der Waals surface area contributed by atoms with E-state index in [1.54, 1.807) is 4.90 Å². The summed E-state index contributed by atoms with van der Waals surface area (Å²) in [4.78, 5) is 17.5. The van der Waals surface area contributed by atoms with E-state index in [2.05, 4.69) is 0 Å². The average molecular weight is 377 g/mol. The van der Waals surface area contributed by atoms with Gasteiger partial charge in [0.05, 0.1) is 0 Å². The smallest absolute Gasteiger partial charge is 0.342 e. The van der Waals surface area contributed by atoms with Crippen molar-refractivity contribution in [1.82, 2.24) is 14.7 Å². The Morgan fingerprint density at radius 3 is 2.15 bits per heavy atom. The predicted octanol–water partition coefficient (Wildman–Crippen LogP) is 3.09. The second-order valence-corrected chi connectivity index (χ2v) is 8.63. The number of carbonyl (C=O) groups excluding carboxylic acids is 1. The molecule has 0 aromatic heterocycles. The number of alkyl halides is 3. The van der Waals surface area contributed by atoms with Crippen molar-refractivity contribution in [2.75, 3.05) is 45.8 Å². The van der Waals surface area contributed by atoms with Gasteiger partial charge in [0.1, 0.15) is 6.04 Å². The topological polar surface area (TPSA) is 26.8 Å². The molecule has 4 nitrogen and oxygen atoms in total. The lowest BCUT2D eigenvalue weighted by Gasteiger charge is -2.44. The molecular formula is C19H34F3N3O. The summed E-state index contributed by atoms with van der Waals surface area (Å²) in [5.41, 5.74) is 0. The summed E-state index contributed by atoms with van der Waals surface area (Å²) in [6, 6.07) is -1.37. The van der Waals surface area contributed by atoms with Crippen molar-refractivity contribution in [3.05, 3.63) is 0 Å². The van der Waals surface area contributed by atoms with Crippen molar-refractivity contribution < 1.29 is 18.0 Å². The molecule has 0 bridgehead atoms. The van der Waals surface area contributed by atoms with Crippen LogP contribution in [0.25, 0.3) is 0 Å². The first-order valence-corrected chi connectivity index (χ1v) is 9.89. The minimum atomic E-state index is -4.19. The van der Waals surface area contributed by atoms with Crippen molar-refractivity contribution in [2.45, 2.75) is 52.8 Å². The van der Waals surface area contributed by atoms with Gasteiger partial charge < -0.3 is 4.90 Å². The third-order valence-electron chi connectivity index (χ3n) is 5.49. The summed E-state index contributed by atoms with van der Waals surface area (Å²) in [6.45, 7) is 11.7. The van der Waals surface area contributed by atoms with E-state index in [9.17, 15) is 18.0 Å².